The van der Waals surface area contributed by atoms with E-state index in [1.165, 1.54) is 43.5 Å². The summed E-state index contributed by atoms with van der Waals surface area (Å²) in [6, 6.07) is 10.5. The number of esters is 1. The van der Waals surface area contributed by atoms with E-state index < -0.39 is 41.0 Å². The van der Waals surface area contributed by atoms with Gasteiger partial charge in [-0.1, -0.05) is 12.1 Å². The number of methoxy groups -OCH3 is 1. The number of phenolic OH excluding ortho intramolecular Hbond substituents is 2. The molecule has 1 aliphatic rings. The Hall–Kier alpha value is -4.15. The van der Waals surface area contributed by atoms with Gasteiger partial charge in [0.15, 0.2) is 17.3 Å². The van der Waals surface area contributed by atoms with Gasteiger partial charge >= 0.3 is 5.97 Å². The Morgan fingerprint density at radius 1 is 0.976 bits per heavy atom. The molecular formula is C30H32ClFN2O7. The molecule has 0 bridgehead atoms. The van der Waals surface area contributed by atoms with Gasteiger partial charge < -0.3 is 30.3 Å². The summed E-state index contributed by atoms with van der Waals surface area (Å²) >= 11 is 0. The fourth-order valence-electron chi connectivity index (χ4n) is 4.67. The third-order valence-corrected chi connectivity index (χ3v) is 6.90. The first-order valence-corrected chi connectivity index (χ1v) is 12.8. The second-order valence-electron chi connectivity index (χ2n) is 9.71. The number of carbonyl (C=O) groups is 3. The van der Waals surface area contributed by atoms with Crippen LogP contribution in [0.2, 0.25) is 0 Å². The molecule has 41 heavy (non-hydrogen) atoms. The van der Waals surface area contributed by atoms with Crippen molar-refractivity contribution in [1.82, 2.24) is 10.6 Å². The maximum Gasteiger partial charge on any atom is 0.338 e. The molecule has 0 aliphatic carbocycles. The topological polar surface area (TPSA) is 134 Å². The quantitative estimate of drug-likeness (QED) is 0.239. The molecule has 1 fully saturated rings. The van der Waals surface area contributed by atoms with Crippen LogP contribution in [0.15, 0.2) is 48.5 Å². The third kappa shape index (κ3) is 6.96. The van der Waals surface area contributed by atoms with Crippen molar-refractivity contribution in [3.8, 4) is 17.2 Å². The number of rotatable bonds is 7. The Morgan fingerprint density at radius 3 is 2.24 bits per heavy atom. The molecule has 11 heteroatoms. The Labute approximate surface area is 243 Å². The van der Waals surface area contributed by atoms with Crippen molar-refractivity contribution in [3.63, 3.8) is 0 Å². The number of aryl methyl sites for hydroxylation is 2. The summed E-state index contributed by atoms with van der Waals surface area (Å²) in [6.45, 7) is 4.52. The van der Waals surface area contributed by atoms with Crippen LogP contribution >= 0.6 is 12.4 Å². The smallest absolute Gasteiger partial charge is 0.338 e. The summed E-state index contributed by atoms with van der Waals surface area (Å²) in [7, 11) is 1.25. The van der Waals surface area contributed by atoms with E-state index >= 15 is 0 Å². The van der Waals surface area contributed by atoms with Gasteiger partial charge in [-0.3, -0.25) is 9.59 Å². The molecule has 4 rings (SSSR count). The van der Waals surface area contributed by atoms with Gasteiger partial charge in [-0.25, -0.2) is 9.18 Å². The number of benzene rings is 3. The fraction of sp³-hybridized carbons (Fsp3) is 0.300. The number of ether oxygens (including phenoxy) is 2. The van der Waals surface area contributed by atoms with Crippen LogP contribution in [0.4, 0.5) is 4.39 Å². The summed E-state index contributed by atoms with van der Waals surface area (Å²) in [6.07, 6.45) is 0.627. The number of phenols is 2. The molecule has 9 nitrogen and oxygen atoms in total. The second kappa shape index (κ2) is 13.5. The molecule has 1 saturated heterocycles. The van der Waals surface area contributed by atoms with E-state index in [1.54, 1.807) is 26.0 Å². The first kappa shape index (κ1) is 31.4. The largest absolute Gasteiger partial charge is 0.507 e. The van der Waals surface area contributed by atoms with E-state index in [9.17, 15) is 29.0 Å². The van der Waals surface area contributed by atoms with Gasteiger partial charge in [0.25, 0.3) is 5.91 Å². The van der Waals surface area contributed by atoms with Crippen molar-refractivity contribution in [3.05, 3.63) is 87.7 Å². The van der Waals surface area contributed by atoms with Gasteiger partial charge in [-0.05, 0) is 80.8 Å². The number of amides is 1. The van der Waals surface area contributed by atoms with Crippen molar-refractivity contribution in [2.75, 3.05) is 20.2 Å². The van der Waals surface area contributed by atoms with Gasteiger partial charge in [0.1, 0.15) is 23.2 Å². The van der Waals surface area contributed by atoms with Crippen LogP contribution in [0.25, 0.3) is 0 Å². The number of halogens is 2. The van der Waals surface area contributed by atoms with Gasteiger partial charge in [0, 0.05) is 17.7 Å². The van der Waals surface area contributed by atoms with Crippen molar-refractivity contribution >= 4 is 30.1 Å². The molecule has 1 heterocycles. The Bertz CT molecular complexity index is 1420. The minimum Gasteiger partial charge on any atom is -0.507 e. The maximum absolute atomic E-state index is 14.6. The van der Waals surface area contributed by atoms with Crippen molar-refractivity contribution in [2.45, 2.75) is 38.8 Å². The molecule has 218 valence electrons. The zero-order valence-corrected chi connectivity index (χ0v) is 23.6. The summed E-state index contributed by atoms with van der Waals surface area (Å²) in [5.41, 5.74) is 1.25. The summed E-state index contributed by atoms with van der Waals surface area (Å²) in [5, 5.41) is 26.3. The van der Waals surface area contributed by atoms with E-state index in [-0.39, 0.29) is 40.9 Å². The lowest BCUT2D eigenvalue weighted by Gasteiger charge is -2.26. The van der Waals surface area contributed by atoms with E-state index in [1.807, 2.05) is 0 Å². The average molecular weight is 587 g/mol. The molecule has 3 aromatic carbocycles. The van der Waals surface area contributed by atoms with Crippen LogP contribution in [0.1, 0.15) is 60.6 Å². The standard InChI is InChI=1S/C30H31FN2O7.ClH/c1-16-13-20(14-17(2)27(16)35)29(37)33-21-15-32-12-4-5-23(21)40-30(38)19-8-6-18(7-9-19)28(36)25-22(34)10-11-24(39-3)26(25)31;/h6-11,13-14,21,23,32,34-35H,4-5,12,15H2,1-3H3,(H,33,37);1H/t21-,23-;/m1./s1. The van der Waals surface area contributed by atoms with Crippen LogP contribution in [-0.4, -0.2) is 60.2 Å². The number of hydrogen-bond acceptors (Lipinski definition) is 8. The fourth-order valence-corrected chi connectivity index (χ4v) is 4.67. The monoisotopic (exact) mass is 586 g/mol. The van der Waals surface area contributed by atoms with Gasteiger partial charge in [-0.15, -0.1) is 12.4 Å². The van der Waals surface area contributed by atoms with E-state index in [0.29, 0.717) is 36.2 Å². The molecular weight excluding hydrogens is 555 g/mol. The summed E-state index contributed by atoms with van der Waals surface area (Å²) < 4.78 is 25.3. The first-order chi connectivity index (χ1) is 19.1. The van der Waals surface area contributed by atoms with Crippen molar-refractivity contribution in [1.29, 1.82) is 0 Å². The molecule has 0 unspecified atom stereocenters. The molecule has 0 radical (unpaired) electrons. The first-order valence-electron chi connectivity index (χ1n) is 12.8. The molecule has 0 spiro atoms. The van der Waals surface area contributed by atoms with Crippen LogP contribution in [-0.2, 0) is 4.74 Å². The molecule has 3 aromatic rings. The Balaban J connectivity index is 0.00000462. The Morgan fingerprint density at radius 2 is 1.61 bits per heavy atom. The van der Waals surface area contributed by atoms with E-state index in [0.717, 1.165) is 6.42 Å². The predicted octanol–water partition coefficient (Wildman–Crippen LogP) is 4.22. The van der Waals surface area contributed by atoms with Gasteiger partial charge in [0.2, 0.25) is 0 Å². The molecule has 1 amide bonds. The van der Waals surface area contributed by atoms with E-state index in [4.69, 9.17) is 9.47 Å². The van der Waals surface area contributed by atoms with Crippen molar-refractivity contribution < 1.29 is 38.5 Å². The SMILES string of the molecule is COc1ccc(O)c(C(=O)c2ccc(C(=O)O[C@@H]3CCCNC[C@H]3NC(=O)c3cc(C)c(O)c(C)c3)cc2)c1F.Cl. The number of nitrogens with one attached hydrogen (secondary N) is 2. The van der Waals surface area contributed by atoms with Crippen LogP contribution in [0, 0.1) is 19.7 Å². The lowest BCUT2D eigenvalue weighted by atomic mass is 10.00. The molecule has 4 N–H and O–H groups in total. The van der Waals surface area contributed by atoms with Gasteiger partial charge in [0.05, 0.1) is 18.7 Å². The Kier molecular flexibility index (Phi) is 10.3. The zero-order chi connectivity index (χ0) is 29.0. The second-order valence-corrected chi connectivity index (χ2v) is 9.71. The summed E-state index contributed by atoms with van der Waals surface area (Å²) in [4.78, 5) is 38.9. The molecule has 0 aromatic heterocycles. The van der Waals surface area contributed by atoms with Crippen LogP contribution in [0.3, 0.4) is 0 Å². The number of ketones is 1. The normalized spacial score (nSPS) is 16.6. The number of carbonyl (C=O) groups excluding carboxylic acids is 3. The van der Waals surface area contributed by atoms with Crippen LogP contribution < -0.4 is 15.4 Å². The highest BCUT2D eigenvalue weighted by molar-refractivity contribution is 6.11. The lowest BCUT2D eigenvalue weighted by Crippen LogP contribution is -2.49. The highest BCUT2D eigenvalue weighted by Gasteiger charge is 2.30. The number of hydrogen-bond donors (Lipinski definition) is 4. The van der Waals surface area contributed by atoms with Crippen LogP contribution in [0.5, 0.6) is 17.2 Å². The highest BCUT2D eigenvalue weighted by atomic mass is 35.5. The van der Waals surface area contributed by atoms with Crippen molar-refractivity contribution in [2.24, 2.45) is 0 Å². The highest BCUT2D eigenvalue weighted by Crippen LogP contribution is 2.30. The summed E-state index contributed by atoms with van der Waals surface area (Å²) in [5.74, 6) is -3.32. The minimum absolute atomic E-state index is 0. The predicted molar refractivity (Wildman–Crippen MR) is 152 cm³/mol. The van der Waals surface area contributed by atoms with E-state index in [2.05, 4.69) is 10.6 Å². The molecule has 0 saturated carbocycles. The molecule has 1 aliphatic heterocycles. The zero-order valence-electron chi connectivity index (χ0n) is 22.8. The maximum atomic E-state index is 14.6. The van der Waals surface area contributed by atoms with Gasteiger partial charge in [-0.2, -0.15) is 0 Å². The lowest BCUT2D eigenvalue weighted by molar-refractivity contribution is 0.0192. The average Bonchev–Trinajstić information content (AvgIpc) is 3.16. The number of aromatic hydroxyl groups is 2. The molecule has 2 atom stereocenters. The third-order valence-electron chi connectivity index (χ3n) is 6.90. The minimum atomic E-state index is -0.983.